The Balaban J connectivity index is 1.61. The molecule has 1 N–H and O–H groups in total. The van der Waals surface area contributed by atoms with E-state index in [0.717, 1.165) is 29.9 Å². The minimum Gasteiger partial charge on any atom is -0.480 e. The van der Waals surface area contributed by atoms with Crippen molar-refractivity contribution in [2.75, 3.05) is 19.0 Å². The van der Waals surface area contributed by atoms with Crippen LogP contribution in [0.1, 0.15) is 50.3 Å². The largest absolute Gasteiger partial charge is 0.480 e. The first kappa shape index (κ1) is 19.9. The van der Waals surface area contributed by atoms with Crippen LogP contribution in [0.5, 0.6) is 5.88 Å². The Morgan fingerprint density at radius 2 is 2.03 bits per heavy atom. The molecule has 1 saturated heterocycles. The number of benzene rings is 1. The molecule has 3 heterocycles. The molecule has 156 valence electrons. The molecule has 0 aliphatic carbocycles. The second-order valence-corrected chi connectivity index (χ2v) is 7.63. The summed E-state index contributed by atoms with van der Waals surface area (Å²) < 4.78 is 11.5. The predicted molar refractivity (Wildman–Crippen MR) is 115 cm³/mol. The summed E-state index contributed by atoms with van der Waals surface area (Å²) >= 11 is 0. The third-order valence-electron chi connectivity index (χ3n) is 5.25. The van der Waals surface area contributed by atoms with Gasteiger partial charge in [0.05, 0.1) is 7.11 Å². The Morgan fingerprint density at radius 3 is 2.77 bits per heavy atom. The molecular formula is C23H26N4O3. The van der Waals surface area contributed by atoms with Crippen molar-refractivity contribution in [1.82, 2.24) is 14.9 Å². The van der Waals surface area contributed by atoms with Crippen molar-refractivity contribution in [3.8, 4) is 17.1 Å². The minimum atomic E-state index is -0.214. The van der Waals surface area contributed by atoms with Gasteiger partial charge in [0.25, 0.3) is 0 Å². The number of ether oxygens (including phenoxy) is 1. The van der Waals surface area contributed by atoms with Crippen LogP contribution in [0.4, 0.5) is 10.5 Å². The van der Waals surface area contributed by atoms with E-state index in [4.69, 9.17) is 14.1 Å². The highest BCUT2D eigenvalue weighted by Crippen LogP contribution is 2.37. The molecule has 7 heteroatoms. The number of pyridine rings is 1. The number of aromatic nitrogens is 2. The molecule has 1 unspecified atom stereocenters. The number of likely N-dealkylation sites (tertiary alicyclic amines) is 1. The first-order valence-corrected chi connectivity index (χ1v) is 10.2. The number of rotatable bonds is 5. The van der Waals surface area contributed by atoms with E-state index in [2.05, 4.69) is 24.1 Å². The third-order valence-corrected chi connectivity index (χ3v) is 5.25. The van der Waals surface area contributed by atoms with E-state index in [1.165, 1.54) is 7.11 Å². The predicted octanol–water partition coefficient (Wildman–Crippen LogP) is 5.24. The number of hydrogen-bond donors (Lipinski definition) is 1. The van der Waals surface area contributed by atoms with Crippen molar-refractivity contribution in [1.29, 1.82) is 0 Å². The molecule has 2 aromatic heterocycles. The fraction of sp³-hybridized carbons (Fsp3) is 0.348. The Labute approximate surface area is 176 Å². The molecular weight excluding hydrogens is 380 g/mol. The smallest absolute Gasteiger partial charge is 0.322 e. The Kier molecular flexibility index (Phi) is 5.70. The lowest BCUT2D eigenvalue weighted by Crippen LogP contribution is -2.34. The number of urea groups is 1. The summed E-state index contributed by atoms with van der Waals surface area (Å²) in [6.07, 6.45) is 3.32. The molecule has 4 rings (SSSR count). The minimum absolute atomic E-state index is 0.185. The van der Waals surface area contributed by atoms with Gasteiger partial charge >= 0.3 is 6.03 Å². The van der Waals surface area contributed by atoms with E-state index >= 15 is 0 Å². The van der Waals surface area contributed by atoms with Gasteiger partial charge in [0.1, 0.15) is 23.2 Å². The fourth-order valence-corrected chi connectivity index (χ4v) is 3.79. The third kappa shape index (κ3) is 3.87. The molecule has 1 aliphatic heterocycles. The van der Waals surface area contributed by atoms with Crippen LogP contribution in [0.3, 0.4) is 0 Å². The number of hydrogen-bond acceptors (Lipinski definition) is 5. The topological polar surface area (TPSA) is 80.5 Å². The van der Waals surface area contributed by atoms with Gasteiger partial charge in [0, 0.05) is 24.2 Å². The number of oxazole rings is 1. The SMILES string of the molecule is COc1ncccc1NC(=O)N1CCCC1c1nc(-c2ccccc2)c(C(C)C)o1. The summed E-state index contributed by atoms with van der Waals surface area (Å²) in [4.78, 5) is 23.8. The fourth-order valence-electron chi connectivity index (χ4n) is 3.79. The maximum absolute atomic E-state index is 13.0. The zero-order chi connectivity index (χ0) is 21.1. The van der Waals surface area contributed by atoms with E-state index in [1.807, 2.05) is 30.3 Å². The van der Waals surface area contributed by atoms with Crippen LogP contribution in [0.2, 0.25) is 0 Å². The van der Waals surface area contributed by atoms with Gasteiger partial charge in [-0.3, -0.25) is 0 Å². The van der Waals surface area contributed by atoms with Gasteiger partial charge in [-0.15, -0.1) is 0 Å². The normalized spacial score (nSPS) is 16.1. The molecule has 3 aromatic rings. The number of anilines is 1. The Hall–Kier alpha value is -3.35. The molecule has 2 amide bonds. The first-order valence-electron chi connectivity index (χ1n) is 10.2. The molecule has 0 radical (unpaired) electrons. The van der Waals surface area contributed by atoms with Gasteiger partial charge in [-0.2, -0.15) is 0 Å². The van der Waals surface area contributed by atoms with Crippen molar-refractivity contribution in [2.24, 2.45) is 0 Å². The highest BCUT2D eigenvalue weighted by atomic mass is 16.5. The zero-order valence-corrected chi connectivity index (χ0v) is 17.5. The van der Waals surface area contributed by atoms with E-state index in [9.17, 15) is 4.79 Å². The summed E-state index contributed by atoms with van der Waals surface area (Å²) in [5.74, 6) is 2.00. The number of nitrogens with one attached hydrogen (secondary N) is 1. The van der Waals surface area contributed by atoms with Crippen LogP contribution in [-0.2, 0) is 0 Å². The van der Waals surface area contributed by atoms with Gasteiger partial charge in [0.2, 0.25) is 11.8 Å². The summed E-state index contributed by atoms with van der Waals surface area (Å²) in [5, 5.41) is 2.91. The van der Waals surface area contributed by atoms with Crippen molar-refractivity contribution in [3.63, 3.8) is 0 Å². The molecule has 0 spiro atoms. The van der Waals surface area contributed by atoms with Crippen LogP contribution >= 0.6 is 0 Å². The van der Waals surface area contributed by atoms with E-state index in [1.54, 1.807) is 23.2 Å². The highest BCUT2D eigenvalue weighted by molar-refractivity contribution is 5.91. The van der Waals surface area contributed by atoms with Crippen LogP contribution in [0.15, 0.2) is 53.1 Å². The van der Waals surface area contributed by atoms with Crippen LogP contribution in [-0.4, -0.2) is 34.6 Å². The summed E-state index contributed by atoms with van der Waals surface area (Å²) in [7, 11) is 1.53. The molecule has 1 atom stereocenters. The lowest BCUT2D eigenvalue weighted by atomic mass is 10.0. The number of nitrogens with zero attached hydrogens (tertiary/aromatic N) is 3. The summed E-state index contributed by atoms with van der Waals surface area (Å²) in [6, 6.07) is 13.1. The van der Waals surface area contributed by atoms with Crippen LogP contribution < -0.4 is 10.1 Å². The second kappa shape index (κ2) is 8.57. The summed E-state index contributed by atoms with van der Waals surface area (Å²) in [6.45, 7) is 4.81. The maximum atomic E-state index is 13.0. The number of amides is 2. The van der Waals surface area contributed by atoms with Crippen molar-refractivity contribution in [3.05, 3.63) is 60.3 Å². The molecule has 0 saturated carbocycles. The molecule has 30 heavy (non-hydrogen) atoms. The first-order chi connectivity index (χ1) is 14.6. The molecule has 0 bridgehead atoms. The Bertz CT molecular complexity index is 1020. The second-order valence-electron chi connectivity index (χ2n) is 7.63. The average molecular weight is 406 g/mol. The van der Waals surface area contributed by atoms with Crippen LogP contribution in [0.25, 0.3) is 11.3 Å². The maximum Gasteiger partial charge on any atom is 0.322 e. The van der Waals surface area contributed by atoms with E-state index in [0.29, 0.717) is 24.0 Å². The van der Waals surface area contributed by atoms with Crippen molar-refractivity contribution >= 4 is 11.7 Å². The summed E-state index contributed by atoms with van der Waals surface area (Å²) in [5.41, 5.74) is 2.41. The Morgan fingerprint density at radius 1 is 1.23 bits per heavy atom. The van der Waals surface area contributed by atoms with Gasteiger partial charge in [-0.25, -0.2) is 14.8 Å². The quantitative estimate of drug-likeness (QED) is 0.627. The number of carbonyl (C=O) groups is 1. The van der Waals surface area contributed by atoms with Crippen molar-refractivity contribution < 1.29 is 13.9 Å². The van der Waals surface area contributed by atoms with Gasteiger partial charge < -0.3 is 19.4 Å². The highest BCUT2D eigenvalue weighted by Gasteiger charge is 2.35. The number of methoxy groups -OCH3 is 1. The van der Waals surface area contributed by atoms with Crippen LogP contribution in [0, 0.1) is 0 Å². The number of carbonyl (C=O) groups excluding carboxylic acids is 1. The average Bonchev–Trinajstić information content (AvgIpc) is 3.42. The van der Waals surface area contributed by atoms with Crippen molar-refractivity contribution in [2.45, 2.75) is 38.6 Å². The lowest BCUT2D eigenvalue weighted by molar-refractivity contribution is 0.196. The van der Waals surface area contributed by atoms with Gasteiger partial charge in [-0.05, 0) is 25.0 Å². The molecule has 1 aromatic carbocycles. The molecule has 1 fully saturated rings. The van der Waals surface area contributed by atoms with E-state index < -0.39 is 0 Å². The standard InChI is InChI=1S/C23H26N4O3/c1-15(2)20-19(16-9-5-4-6-10-16)26-22(30-20)18-12-8-14-27(18)23(28)25-17-11-7-13-24-21(17)29-3/h4-7,9-11,13,15,18H,8,12,14H2,1-3H3,(H,25,28). The van der Waals surface area contributed by atoms with E-state index in [-0.39, 0.29) is 18.0 Å². The monoisotopic (exact) mass is 406 g/mol. The lowest BCUT2D eigenvalue weighted by Gasteiger charge is -2.23. The van der Waals surface area contributed by atoms with Gasteiger partial charge in [0.15, 0.2) is 0 Å². The molecule has 1 aliphatic rings. The molecule has 7 nitrogen and oxygen atoms in total. The van der Waals surface area contributed by atoms with Gasteiger partial charge in [-0.1, -0.05) is 44.2 Å². The zero-order valence-electron chi connectivity index (χ0n) is 17.5.